The van der Waals surface area contributed by atoms with E-state index in [4.69, 9.17) is 16.0 Å². The first kappa shape index (κ1) is 19.4. The van der Waals surface area contributed by atoms with Crippen molar-refractivity contribution in [1.29, 1.82) is 0 Å². The van der Waals surface area contributed by atoms with Gasteiger partial charge in [0.25, 0.3) is 5.91 Å². The second kappa shape index (κ2) is 8.55. The molecule has 0 fully saturated rings. The van der Waals surface area contributed by atoms with Gasteiger partial charge in [-0.05, 0) is 38.1 Å². The summed E-state index contributed by atoms with van der Waals surface area (Å²) in [6.07, 6.45) is 0. The van der Waals surface area contributed by atoms with E-state index in [1.54, 1.807) is 44.2 Å². The van der Waals surface area contributed by atoms with Crippen molar-refractivity contribution < 1.29 is 14.0 Å². The van der Waals surface area contributed by atoms with Crippen molar-refractivity contribution in [3.05, 3.63) is 52.4 Å². The minimum atomic E-state index is -0.309. The van der Waals surface area contributed by atoms with Gasteiger partial charge in [-0.25, -0.2) is 0 Å². The molecule has 0 unspecified atom stereocenters. The summed E-state index contributed by atoms with van der Waals surface area (Å²) < 4.78 is 5.92. The van der Waals surface area contributed by atoms with Crippen LogP contribution in [0.25, 0.3) is 0 Å². The lowest BCUT2D eigenvalue weighted by Gasteiger charge is -2.04. The number of benzene rings is 1. The molecule has 3 aromatic rings. The summed E-state index contributed by atoms with van der Waals surface area (Å²) in [5.74, 6) is 0.872. The van der Waals surface area contributed by atoms with Crippen molar-refractivity contribution in [2.24, 2.45) is 0 Å². The van der Waals surface area contributed by atoms with Gasteiger partial charge in [0, 0.05) is 10.7 Å². The van der Waals surface area contributed by atoms with Gasteiger partial charge in [0.1, 0.15) is 11.5 Å². The van der Waals surface area contributed by atoms with E-state index in [0.29, 0.717) is 37.3 Å². The number of rotatable bonds is 6. The maximum Gasteiger partial charge on any atom is 0.261 e. The average Bonchev–Trinajstić information content (AvgIpc) is 3.18. The summed E-state index contributed by atoms with van der Waals surface area (Å²) in [5.41, 5.74) is 1.09. The van der Waals surface area contributed by atoms with E-state index in [1.807, 2.05) is 0 Å². The van der Waals surface area contributed by atoms with Crippen molar-refractivity contribution in [3.63, 3.8) is 0 Å². The number of thioether (sulfide) groups is 1. The predicted molar refractivity (Wildman–Crippen MR) is 107 cm³/mol. The Labute approximate surface area is 168 Å². The summed E-state index contributed by atoms with van der Waals surface area (Å²) in [6.45, 7) is 3.50. The highest BCUT2D eigenvalue weighted by atomic mass is 35.5. The van der Waals surface area contributed by atoms with Crippen LogP contribution in [0.5, 0.6) is 0 Å². The summed E-state index contributed by atoms with van der Waals surface area (Å²) in [5, 5.41) is 14.2. The molecule has 3 rings (SSSR count). The van der Waals surface area contributed by atoms with Crippen molar-refractivity contribution in [2.75, 3.05) is 16.4 Å². The first-order valence-electron chi connectivity index (χ1n) is 7.81. The number of nitrogens with one attached hydrogen (secondary N) is 2. The molecule has 0 saturated carbocycles. The van der Waals surface area contributed by atoms with E-state index >= 15 is 0 Å². The molecule has 2 heterocycles. The van der Waals surface area contributed by atoms with E-state index in [1.165, 1.54) is 23.1 Å². The smallest absolute Gasteiger partial charge is 0.261 e. The van der Waals surface area contributed by atoms with Crippen LogP contribution in [0, 0.1) is 13.8 Å². The van der Waals surface area contributed by atoms with Gasteiger partial charge < -0.3 is 9.73 Å². The van der Waals surface area contributed by atoms with Crippen LogP contribution < -0.4 is 10.6 Å². The maximum atomic E-state index is 12.2. The number of hydrogen-bond donors (Lipinski definition) is 2. The standard InChI is InChI=1S/C17H15ClN4O3S2/c1-9-6-13(10(2)25-9)15(24)20-16-21-22-17(27-16)26-8-14(23)19-12-5-3-4-11(18)7-12/h3-7H,8H2,1-2H3,(H,19,23)(H,20,21,24). The highest BCUT2D eigenvalue weighted by Gasteiger charge is 2.16. The Kier molecular flexibility index (Phi) is 6.15. The largest absolute Gasteiger partial charge is 0.466 e. The van der Waals surface area contributed by atoms with Gasteiger partial charge in [-0.3, -0.25) is 14.9 Å². The maximum absolute atomic E-state index is 12.2. The van der Waals surface area contributed by atoms with E-state index in [2.05, 4.69) is 20.8 Å². The fourth-order valence-electron chi connectivity index (χ4n) is 2.23. The molecule has 10 heteroatoms. The van der Waals surface area contributed by atoms with Gasteiger partial charge in [-0.15, -0.1) is 10.2 Å². The van der Waals surface area contributed by atoms with Gasteiger partial charge in [-0.1, -0.05) is 40.8 Å². The lowest BCUT2D eigenvalue weighted by molar-refractivity contribution is -0.113. The van der Waals surface area contributed by atoms with Crippen LogP contribution in [-0.2, 0) is 4.79 Å². The van der Waals surface area contributed by atoms with Crippen LogP contribution >= 0.6 is 34.7 Å². The monoisotopic (exact) mass is 422 g/mol. The third-order valence-electron chi connectivity index (χ3n) is 3.35. The number of amides is 2. The number of halogens is 1. The Morgan fingerprint density at radius 1 is 1.22 bits per heavy atom. The molecule has 1 aromatic carbocycles. The highest BCUT2D eigenvalue weighted by Crippen LogP contribution is 2.26. The molecule has 2 N–H and O–H groups in total. The molecule has 0 bridgehead atoms. The fraction of sp³-hybridized carbons (Fsp3) is 0.176. The van der Waals surface area contributed by atoms with Gasteiger partial charge >= 0.3 is 0 Å². The Morgan fingerprint density at radius 2 is 2.04 bits per heavy atom. The van der Waals surface area contributed by atoms with Gasteiger partial charge in [-0.2, -0.15) is 0 Å². The van der Waals surface area contributed by atoms with Crippen LogP contribution in [0.2, 0.25) is 5.02 Å². The van der Waals surface area contributed by atoms with E-state index in [-0.39, 0.29) is 17.6 Å². The normalized spacial score (nSPS) is 10.6. The van der Waals surface area contributed by atoms with Gasteiger partial charge in [0.15, 0.2) is 4.34 Å². The molecule has 2 amide bonds. The molecule has 0 atom stereocenters. The van der Waals surface area contributed by atoms with Crippen LogP contribution in [0.1, 0.15) is 21.9 Å². The topological polar surface area (TPSA) is 97.1 Å². The zero-order valence-corrected chi connectivity index (χ0v) is 16.8. The molecule has 27 heavy (non-hydrogen) atoms. The fourth-order valence-corrected chi connectivity index (χ4v) is 3.97. The molecule has 140 valence electrons. The molecule has 0 aliphatic heterocycles. The first-order valence-corrected chi connectivity index (χ1v) is 9.99. The van der Waals surface area contributed by atoms with Crippen LogP contribution in [-0.4, -0.2) is 27.8 Å². The van der Waals surface area contributed by atoms with Gasteiger partial charge in [0.2, 0.25) is 11.0 Å². The molecular weight excluding hydrogens is 408 g/mol. The Morgan fingerprint density at radius 3 is 2.74 bits per heavy atom. The minimum Gasteiger partial charge on any atom is -0.466 e. The Hall–Kier alpha value is -2.36. The summed E-state index contributed by atoms with van der Waals surface area (Å²) in [4.78, 5) is 24.2. The summed E-state index contributed by atoms with van der Waals surface area (Å²) in [6, 6.07) is 8.58. The van der Waals surface area contributed by atoms with E-state index in [9.17, 15) is 9.59 Å². The number of anilines is 2. The van der Waals surface area contributed by atoms with Crippen LogP contribution in [0.15, 0.2) is 39.1 Å². The van der Waals surface area contributed by atoms with Crippen molar-refractivity contribution in [2.45, 2.75) is 18.2 Å². The number of furan rings is 1. The Balaban J connectivity index is 1.52. The predicted octanol–water partition coefficient (Wildman–Crippen LogP) is 4.38. The van der Waals surface area contributed by atoms with Crippen molar-refractivity contribution >= 4 is 57.3 Å². The third-order valence-corrected chi connectivity index (χ3v) is 5.55. The molecule has 2 aromatic heterocycles. The highest BCUT2D eigenvalue weighted by molar-refractivity contribution is 8.01. The number of carbonyl (C=O) groups excluding carboxylic acids is 2. The average molecular weight is 423 g/mol. The minimum absolute atomic E-state index is 0.162. The molecule has 0 aliphatic carbocycles. The SMILES string of the molecule is Cc1cc(C(=O)Nc2nnc(SCC(=O)Nc3cccc(Cl)c3)s2)c(C)o1. The molecule has 0 saturated heterocycles. The number of carbonyl (C=O) groups is 2. The van der Waals surface area contributed by atoms with Crippen LogP contribution in [0.3, 0.4) is 0 Å². The third kappa shape index (κ3) is 5.31. The molecule has 0 spiro atoms. The molecule has 0 radical (unpaired) electrons. The molecule has 7 nitrogen and oxygen atoms in total. The van der Waals surface area contributed by atoms with E-state index in [0.717, 1.165) is 0 Å². The summed E-state index contributed by atoms with van der Waals surface area (Å²) in [7, 11) is 0. The summed E-state index contributed by atoms with van der Waals surface area (Å²) >= 11 is 8.32. The van der Waals surface area contributed by atoms with Gasteiger partial charge in [0.05, 0.1) is 11.3 Å². The molecule has 0 aliphatic rings. The number of aromatic nitrogens is 2. The zero-order valence-electron chi connectivity index (χ0n) is 14.4. The quantitative estimate of drug-likeness (QED) is 0.451. The first-order chi connectivity index (χ1) is 12.9. The second-order valence-electron chi connectivity index (χ2n) is 5.50. The Bertz CT molecular complexity index is 986. The number of aryl methyl sites for hydroxylation is 2. The number of nitrogens with zero attached hydrogens (tertiary/aromatic N) is 2. The molecular formula is C17H15ClN4O3S2. The zero-order chi connectivity index (χ0) is 19.4. The van der Waals surface area contributed by atoms with Crippen molar-refractivity contribution in [3.8, 4) is 0 Å². The number of hydrogen-bond acceptors (Lipinski definition) is 7. The lowest BCUT2D eigenvalue weighted by Crippen LogP contribution is -2.13. The van der Waals surface area contributed by atoms with Crippen molar-refractivity contribution in [1.82, 2.24) is 10.2 Å². The van der Waals surface area contributed by atoms with Crippen LogP contribution in [0.4, 0.5) is 10.8 Å². The second-order valence-corrected chi connectivity index (χ2v) is 8.14. The lowest BCUT2D eigenvalue weighted by atomic mass is 10.2. The van der Waals surface area contributed by atoms with E-state index < -0.39 is 0 Å².